The number of ketones is 1. The van der Waals surface area contributed by atoms with Gasteiger partial charge >= 0.3 is 30.3 Å². The van der Waals surface area contributed by atoms with Crippen LogP contribution in [-0.2, 0) is 42.8 Å². The molecule has 3 aromatic carbocycles. The summed E-state index contributed by atoms with van der Waals surface area (Å²) >= 11 is 0. The number of rotatable bonds is 7. The first-order chi connectivity index (χ1) is 24.8. The Labute approximate surface area is 300 Å². The molecule has 5 atom stereocenters. The Morgan fingerprint density at radius 3 is 2.11 bits per heavy atom. The Hall–Kier alpha value is -4.95. The molecule has 53 heavy (non-hydrogen) atoms. The number of esters is 2. The number of Topliss-reactive ketones (excluding diaryl/α,β-unsaturated/α-hetero) is 1. The van der Waals surface area contributed by atoms with Crippen LogP contribution in [0.25, 0.3) is 0 Å². The molecular weight excluding hydrogens is 713 g/mol. The fourth-order valence-corrected chi connectivity index (χ4v) is 7.52. The van der Waals surface area contributed by atoms with Gasteiger partial charge in [0, 0.05) is 13.6 Å². The molecule has 1 saturated heterocycles. The first-order valence-electron chi connectivity index (χ1n) is 16.7. The van der Waals surface area contributed by atoms with Crippen molar-refractivity contribution in [2.24, 2.45) is 17.3 Å². The summed E-state index contributed by atoms with van der Waals surface area (Å²) < 4.78 is 107. The Bertz CT molecular complexity index is 1850. The number of urea groups is 1. The number of likely N-dealkylation sites (tertiary alicyclic amines) is 1. The van der Waals surface area contributed by atoms with Crippen LogP contribution in [0.3, 0.4) is 0 Å². The number of hydrogen-bond donors (Lipinski definition) is 0. The quantitative estimate of drug-likeness (QED) is 0.137. The second-order valence-corrected chi connectivity index (χ2v) is 13.6. The molecule has 284 valence electrons. The van der Waals surface area contributed by atoms with Crippen LogP contribution in [0.5, 0.6) is 0 Å². The maximum Gasteiger partial charge on any atom is 0.416 e. The van der Waals surface area contributed by atoms with Crippen LogP contribution in [0.4, 0.5) is 35.5 Å². The molecule has 5 rings (SSSR count). The van der Waals surface area contributed by atoms with E-state index in [1.807, 2.05) is 0 Å². The molecule has 1 heterocycles. The van der Waals surface area contributed by atoms with E-state index in [0.29, 0.717) is 28.8 Å². The predicted octanol–water partition coefficient (Wildman–Crippen LogP) is 8.23. The minimum atomic E-state index is -5.11. The van der Waals surface area contributed by atoms with Gasteiger partial charge in [0.1, 0.15) is 24.3 Å². The minimum Gasteiger partial charge on any atom is -0.468 e. The van der Waals surface area contributed by atoms with Gasteiger partial charge in [-0.3, -0.25) is 14.4 Å². The van der Waals surface area contributed by atoms with Gasteiger partial charge in [-0.1, -0.05) is 36.4 Å². The van der Waals surface area contributed by atoms with E-state index in [9.17, 15) is 49.9 Å². The highest BCUT2D eigenvalue weighted by atomic mass is 19.4. The lowest BCUT2D eigenvalue weighted by Gasteiger charge is -2.48. The van der Waals surface area contributed by atoms with Crippen molar-refractivity contribution in [3.63, 3.8) is 0 Å². The van der Waals surface area contributed by atoms with Gasteiger partial charge in [0.05, 0.1) is 30.3 Å². The molecule has 2 fully saturated rings. The summed E-state index contributed by atoms with van der Waals surface area (Å²) in [6.07, 6.45) is -10.4. The average molecular weight is 751 g/mol. The van der Waals surface area contributed by atoms with Crippen LogP contribution in [0.1, 0.15) is 71.7 Å². The monoisotopic (exact) mass is 750 g/mol. The number of hydrogen-bond acceptors (Lipinski definition) is 6. The number of alkyl halides is 6. The number of aryl methyl sites for hydroxylation is 1. The molecule has 1 aliphatic heterocycles. The van der Waals surface area contributed by atoms with Crippen molar-refractivity contribution in [1.29, 1.82) is 0 Å². The molecule has 0 radical (unpaired) electrons. The SMILES string of the molecule is COC(=O)C1CC2(CCN(C(=O)N(C)[C@H](C)c3cc(C(F)(F)F)cc(C(F)(F)F)c3)[C@@H](c3ccc(F)cc3C)C2)[C@@H](C(=O)OCc2ccccc2)C1=O. The summed E-state index contributed by atoms with van der Waals surface area (Å²) in [5.41, 5.74) is -3.29. The van der Waals surface area contributed by atoms with Crippen molar-refractivity contribution < 1.29 is 59.4 Å². The molecule has 2 amide bonds. The predicted molar refractivity (Wildman–Crippen MR) is 175 cm³/mol. The summed E-state index contributed by atoms with van der Waals surface area (Å²) in [7, 11) is 2.34. The number of piperidine rings is 1. The third kappa shape index (κ3) is 8.03. The van der Waals surface area contributed by atoms with Gasteiger partial charge in [0.15, 0.2) is 5.78 Å². The number of ether oxygens (including phenoxy) is 2. The molecule has 2 unspecified atom stereocenters. The maximum absolute atomic E-state index is 14.3. The van der Waals surface area contributed by atoms with Crippen LogP contribution in [0, 0.1) is 30.0 Å². The number of nitrogens with zero attached hydrogens (tertiary/aromatic N) is 2. The van der Waals surface area contributed by atoms with Gasteiger partial charge in [-0.25, -0.2) is 9.18 Å². The van der Waals surface area contributed by atoms with Gasteiger partial charge in [0.2, 0.25) is 0 Å². The normalized spacial score (nSPS) is 22.4. The number of methoxy groups -OCH3 is 1. The summed E-state index contributed by atoms with van der Waals surface area (Å²) in [6, 6.07) is 10.5. The topological polar surface area (TPSA) is 93.2 Å². The van der Waals surface area contributed by atoms with E-state index in [4.69, 9.17) is 9.47 Å². The van der Waals surface area contributed by atoms with Crippen molar-refractivity contribution in [3.05, 3.63) is 106 Å². The Morgan fingerprint density at radius 1 is 0.925 bits per heavy atom. The molecule has 2 aliphatic rings. The largest absolute Gasteiger partial charge is 0.468 e. The van der Waals surface area contributed by atoms with Gasteiger partial charge in [-0.2, -0.15) is 26.3 Å². The van der Waals surface area contributed by atoms with Crippen LogP contribution >= 0.6 is 0 Å². The number of carbonyl (C=O) groups excluding carboxylic acids is 4. The summed E-state index contributed by atoms with van der Waals surface area (Å²) in [4.78, 5) is 57.1. The molecule has 1 aliphatic carbocycles. The molecule has 1 saturated carbocycles. The lowest BCUT2D eigenvalue weighted by Crippen LogP contribution is -2.52. The fourth-order valence-electron chi connectivity index (χ4n) is 7.52. The van der Waals surface area contributed by atoms with E-state index in [2.05, 4.69) is 0 Å². The van der Waals surface area contributed by atoms with Crippen molar-refractivity contribution in [2.45, 2.75) is 64.2 Å². The molecule has 1 spiro atoms. The molecular formula is C38H37F7N2O6. The number of halogens is 7. The lowest BCUT2D eigenvalue weighted by molar-refractivity contribution is -0.158. The molecule has 0 aromatic heterocycles. The zero-order chi connectivity index (χ0) is 39.0. The molecule has 8 nitrogen and oxygen atoms in total. The molecule has 15 heteroatoms. The summed E-state index contributed by atoms with van der Waals surface area (Å²) in [5, 5.41) is 0. The fraction of sp³-hybridized carbons (Fsp3) is 0.421. The molecule has 0 bridgehead atoms. The molecule has 0 N–H and O–H groups in total. The second kappa shape index (κ2) is 14.8. The minimum absolute atomic E-state index is 0.00122. The Kier molecular flexibility index (Phi) is 11.0. The third-order valence-corrected chi connectivity index (χ3v) is 10.4. The van der Waals surface area contributed by atoms with Crippen molar-refractivity contribution in [2.75, 3.05) is 20.7 Å². The van der Waals surface area contributed by atoms with E-state index in [1.54, 1.807) is 37.3 Å². The average Bonchev–Trinajstić information content (AvgIpc) is 3.39. The highest BCUT2D eigenvalue weighted by Gasteiger charge is 2.62. The first-order valence-corrected chi connectivity index (χ1v) is 16.7. The standard InChI is InChI=1S/C38H37F7N2O6/c1-21-14-27(39)10-11-28(21)30-19-36(18-29(33(49)52-4)32(48)31(36)34(50)53-20-23-8-6-5-7-9-23)12-13-47(30)35(51)46(3)22(2)24-15-25(37(40,41)42)17-26(16-24)38(43,44)45/h5-11,14-17,22,29-31H,12-13,18-20H2,1-4H3/t22-,29?,30-,31-,36?/m1/s1. The first kappa shape index (κ1) is 39.3. The maximum atomic E-state index is 14.3. The van der Waals surface area contributed by atoms with E-state index in [0.717, 1.165) is 18.1 Å². The van der Waals surface area contributed by atoms with Crippen molar-refractivity contribution in [3.8, 4) is 0 Å². The number of benzene rings is 3. The third-order valence-electron chi connectivity index (χ3n) is 10.4. The number of carbonyl (C=O) groups is 4. The van der Waals surface area contributed by atoms with Crippen molar-refractivity contribution >= 4 is 23.8 Å². The van der Waals surface area contributed by atoms with Crippen LogP contribution in [0.15, 0.2) is 66.7 Å². The van der Waals surface area contributed by atoms with Gasteiger partial charge in [-0.15, -0.1) is 0 Å². The van der Waals surface area contributed by atoms with Crippen LogP contribution in [-0.4, -0.2) is 54.3 Å². The Morgan fingerprint density at radius 2 is 1.55 bits per heavy atom. The van der Waals surface area contributed by atoms with Gasteiger partial charge in [-0.05, 0) is 91.1 Å². The smallest absolute Gasteiger partial charge is 0.416 e. The second-order valence-electron chi connectivity index (χ2n) is 13.6. The highest BCUT2D eigenvalue weighted by molar-refractivity contribution is 6.11. The molecule has 3 aromatic rings. The van der Waals surface area contributed by atoms with Crippen LogP contribution in [0.2, 0.25) is 0 Å². The van der Waals surface area contributed by atoms with Gasteiger partial charge < -0.3 is 19.3 Å². The highest BCUT2D eigenvalue weighted by Crippen LogP contribution is 2.56. The van der Waals surface area contributed by atoms with E-state index >= 15 is 0 Å². The van der Waals surface area contributed by atoms with Gasteiger partial charge in [0.25, 0.3) is 0 Å². The summed E-state index contributed by atoms with van der Waals surface area (Å²) in [5.74, 6) is -5.80. The summed E-state index contributed by atoms with van der Waals surface area (Å²) in [6.45, 7) is 2.55. The van der Waals surface area contributed by atoms with E-state index < -0.39 is 87.9 Å². The van der Waals surface area contributed by atoms with E-state index in [-0.39, 0.29) is 38.5 Å². The van der Waals surface area contributed by atoms with E-state index in [1.165, 1.54) is 31.0 Å². The Balaban J connectivity index is 1.52. The van der Waals surface area contributed by atoms with Crippen molar-refractivity contribution in [1.82, 2.24) is 9.80 Å². The zero-order valence-electron chi connectivity index (χ0n) is 29.2. The van der Waals surface area contributed by atoms with Crippen LogP contribution < -0.4 is 0 Å². The number of amides is 2. The lowest BCUT2D eigenvalue weighted by atomic mass is 9.66. The zero-order valence-corrected chi connectivity index (χ0v) is 29.2.